The maximum atomic E-state index is 11.8. The number of aromatic nitrogens is 2. The summed E-state index contributed by atoms with van der Waals surface area (Å²) in [6, 6.07) is 7.12. The zero-order valence-electron chi connectivity index (χ0n) is 10.7. The van der Waals surface area contributed by atoms with Crippen molar-refractivity contribution < 1.29 is 4.74 Å². The lowest BCUT2D eigenvalue weighted by Gasteiger charge is -2.10. The molecule has 0 saturated heterocycles. The van der Waals surface area contributed by atoms with Crippen LogP contribution in [0.4, 0.5) is 0 Å². The molecular weight excluding hydrogens is 242 g/mol. The van der Waals surface area contributed by atoms with E-state index in [1.54, 1.807) is 25.3 Å². The van der Waals surface area contributed by atoms with Crippen molar-refractivity contribution >= 4 is 0 Å². The minimum atomic E-state index is -0.170. The maximum Gasteiger partial charge on any atom is 0.254 e. The number of aromatic amines is 1. The van der Waals surface area contributed by atoms with E-state index < -0.39 is 0 Å². The van der Waals surface area contributed by atoms with Crippen molar-refractivity contribution in [2.75, 3.05) is 7.11 Å². The van der Waals surface area contributed by atoms with Crippen LogP contribution in [0.5, 0.6) is 5.75 Å². The second-order valence-electron chi connectivity index (χ2n) is 3.94. The number of nitrogens with one attached hydrogen (secondary N) is 1. The molecule has 0 unspecified atom stereocenters. The number of benzene rings is 1. The van der Waals surface area contributed by atoms with Gasteiger partial charge in [0.15, 0.2) is 0 Å². The van der Waals surface area contributed by atoms with Crippen molar-refractivity contribution in [1.82, 2.24) is 9.97 Å². The smallest absolute Gasteiger partial charge is 0.254 e. The molecule has 0 atom stereocenters. The van der Waals surface area contributed by atoms with Crippen LogP contribution in [-0.2, 0) is 6.42 Å². The first-order valence-electron chi connectivity index (χ1n) is 5.86. The van der Waals surface area contributed by atoms with E-state index >= 15 is 0 Å². The summed E-state index contributed by atoms with van der Waals surface area (Å²) in [5.74, 6) is 0.590. The fraction of sp³-hybridized carbons (Fsp3) is 0.214. The number of nitriles is 1. The fourth-order valence-electron chi connectivity index (χ4n) is 1.95. The number of H-pyrrole nitrogens is 1. The minimum absolute atomic E-state index is 0.170. The third kappa shape index (κ3) is 2.33. The van der Waals surface area contributed by atoms with Crippen LogP contribution in [0, 0.1) is 11.3 Å². The van der Waals surface area contributed by atoms with Crippen molar-refractivity contribution in [3.63, 3.8) is 0 Å². The molecule has 1 aromatic carbocycles. The van der Waals surface area contributed by atoms with Gasteiger partial charge in [0.1, 0.15) is 5.75 Å². The highest BCUT2D eigenvalue weighted by atomic mass is 16.5. The van der Waals surface area contributed by atoms with Gasteiger partial charge in [0.25, 0.3) is 5.56 Å². The molecule has 1 heterocycles. The first kappa shape index (κ1) is 12.8. The van der Waals surface area contributed by atoms with E-state index in [0.29, 0.717) is 34.6 Å². The van der Waals surface area contributed by atoms with Crippen LogP contribution in [0.25, 0.3) is 11.3 Å². The monoisotopic (exact) mass is 255 g/mol. The Hall–Kier alpha value is -2.61. The Morgan fingerprint density at radius 3 is 2.89 bits per heavy atom. The molecule has 0 aliphatic heterocycles. The highest BCUT2D eigenvalue weighted by molar-refractivity contribution is 5.71. The van der Waals surface area contributed by atoms with Gasteiger partial charge in [-0.15, -0.1) is 0 Å². The van der Waals surface area contributed by atoms with E-state index in [1.807, 2.05) is 6.92 Å². The Bertz CT molecular complexity index is 699. The summed E-state index contributed by atoms with van der Waals surface area (Å²) in [6.07, 6.45) is 1.91. The summed E-state index contributed by atoms with van der Waals surface area (Å²) in [6.45, 7) is 1.89. The number of nitrogens with zero attached hydrogens (tertiary/aromatic N) is 2. The average molecular weight is 255 g/mol. The molecule has 0 spiro atoms. The predicted molar refractivity (Wildman–Crippen MR) is 70.9 cm³/mol. The highest BCUT2D eigenvalue weighted by Crippen LogP contribution is 2.30. The lowest BCUT2D eigenvalue weighted by molar-refractivity contribution is 0.416. The molecule has 1 aromatic heterocycles. The van der Waals surface area contributed by atoms with Crippen LogP contribution in [-0.4, -0.2) is 17.1 Å². The Balaban J connectivity index is 2.74. The van der Waals surface area contributed by atoms with E-state index in [1.165, 1.54) is 6.33 Å². The SMILES string of the molecule is CCc1c(-c2cc(C#N)ccc2OC)nc[nH]c1=O. The zero-order valence-corrected chi connectivity index (χ0v) is 10.7. The Labute approximate surface area is 110 Å². The molecule has 0 aliphatic carbocycles. The number of ether oxygens (including phenoxy) is 1. The molecule has 0 fully saturated rings. The molecule has 0 radical (unpaired) electrons. The van der Waals surface area contributed by atoms with E-state index in [0.717, 1.165) is 0 Å². The molecule has 0 bridgehead atoms. The third-order valence-electron chi connectivity index (χ3n) is 2.89. The normalized spacial score (nSPS) is 9.95. The molecule has 0 aliphatic rings. The van der Waals surface area contributed by atoms with Crippen molar-refractivity contribution in [2.24, 2.45) is 0 Å². The summed E-state index contributed by atoms with van der Waals surface area (Å²) in [4.78, 5) is 18.6. The highest BCUT2D eigenvalue weighted by Gasteiger charge is 2.14. The maximum absolute atomic E-state index is 11.8. The lowest BCUT2D eigenvalue weighted by atomic mass is 10.0. The van der Waals surface area contributed by atoms with Crippen LogP contribution in [0.1, 0.15) is 18.1 Å². The van der Waals surface area contributed by atoms with Crippen molar-refractivity contribution in [2.45, 2.75) is 13.3 Å². The first-order chi connectivity index (χ1) is 9.21. The van der Waals surface area contributed by atoms with E-state index in [9.17, 15) is 4.79 Å². The van der Waals surface area contributed by atoms with Crippen molar-refractivity contribution in [3.8, 4) is 23.1 Å². The molecule has 1 N–H and O–H groups in total. The van der Waals surface area contributed by atoms with Gasteiger partial charge in [0.05, 0.1) is 30.8 Å². The molecule has 0 amide bonds. The van der Waals surface area contributed by atoms with Gasteiger partial charge in [-0.3, -0.25) is 4.79 Å². The predicted octanol–water partition coefficient (Wildman–Crippen LogP) is 1.88. The average Bonchev–Trinajstić information content (AvgIpc) is 2.46. The Morgan fingerprint density at radius 1 is 1.47 bits per heavy atom. The van der Waals surface area contributed by atoms with Gasteiger partial charge in [-0.05, 0) is 24.6 Å². The summed E-state index contributed by atoms with van der Waals surface area (Å²) in [5.41, 5.74) is 2.12. The summed E-state index contributed by atoms with van der Waals surface area (Å²) >= 11 is 0. The Morgan fingerprint density at radius 2 is 2.26 bits per heavy atom. The van der Waals surface area contributed by atoms with Gasteiger partial charge in [-0.25, -0.2) is 4.98 Å². The molecule has 5 nitrogen and oxygen atoms in total. The van der Waals surface area contributed by atoms with E-state index in [4.69, 9.17) is 10.00 Å². The molecule has 96 valence electrons. The van der Waals surface area contributed by atoms with E-state index in [2.05, 4.69) is 16.0 Å². The lowest BCUT2D eigenvalue weighted by Crippen LogP contribution is -2.14. The quantitative estimate of drug-likeness (QED) is 0.908. The topological polar surface area (TPSA) is 78.8 Å². The first-order valence-corrected chi connectivity index (χ1v) is 5.86. The minimum Gasteiger partial charge on any atom is -0.496 e. The Kier molecular flexibility index (Phi) is 3.62. The molecule has 0 saturated carbocycles. The van der Waals surface area contributed by atoms with Gasteiger partial charge in [-0.1, -0.05) is 6.92 Å². The van der Waals surface area contributed by atoms with Gasteiger partial charge >= 0.3 is 0 Å². The third-order valence-corrected chi connectivity index (χ3v) is 2.89. The zero-order chi connectivity index (χ0) is 13.8. The molecule has 2 rings (SSSR count). The number of hydrogen-bond acceptors (Lipinski definition) is 4. The van der Waals surface area contributed by atoms with Crippen molar-refractivity contribution in [3.05, 3.63) is 46.0 Å². The number of methoxy groups -OCH3 is 1. The molecule has 19 heavy (non-hydrogen) atoms. The molecular formula is C14H13N3O2. The van der Waals surface area contributed by atoms with Crippen LogP contribution in [0.15, 0.2) is 29.3 Å². The van der Waals surface area contributed by atoms with Gasteiger partial charge in [-0.2, -0.15) is 5.26 Å². The summed E-state index contributed by atoms with van der Waals surface area (Å²) in [5, 5.41) is 8.97. The standard InChI is InChI=1S/C14H13N3O2/c1-3-10-13(16-8-17-14(10)18)11-6-9(7-15)4-5-12(11)19-2/h4-6,8H,3H2,1-2H3,(H,16,17,18). The molecule has 2 aromatic rings. The summed E-state index contributed by atoms with van der Waals surface area (Å²) in [7, 11) is 1.55. The van der Waals surface area contributed by atoms with Gasteiger partial charge < -0.3 is 9.72 Å². The fourth-order valence-corrected chi connectivity index (χ4v) is 1.95. The van der Waals surface area contributed by atoms with Crippen LogP contribution in [0.3, 0.4) is 0 Å². The number of rotatable bonds is 3. The number of hydrogen-bond donors (Lipinski definition) is 1. The van der Waals surface area contributed by atoms with Gasteiger partial charge in [0.2, 0.25) is 0 Å². The van der Waals surface area contributed by atoms with Crippen LogP contribution < -0.4 is 10.3 Å². The van der Waals surface area contributed by atoms with Crippen LogP contribution in [0.2, 0.25) is 0 Å². The largest absolute Gasteiger partial charge is 0.496 e. The van der Waals surface area contributed by atoms with E-state index in [-0.39, 0.29) is 5.56 Å². The van der Waals surface area contributed by atoms with Gasteiger partial charge in [0, 0.05) is 11.1 Å². The van der Waals surface area contributed by atoms with Crippen LogP contribution >= 0.6 is 0 Å². The summed E-state index contributed by atoms with van der Waals surface area (Å²) < 4.78 is 5.28. The van der Waals surface area contributed by atoms with Crippen molar-refractivity contribution in [1.29, 1.82) is 5.26 Å². The second-order valence-corrected chi connectivity index (χ2v) is 3.94. The molecule has 5 heteroatoms. The second kappa shape index (κ2) is 5.36.